The van der Waals surface area contributed by atoms with E-state index >= 15 is 0 Å². The van der Waals surface area contributed by atoms with Crippen molar-refractivity contribution in [1.82, 2.24) is 4.98 Å². The van der Waals surface area contributed by atoms with Crippen molar-refractivity contribution in [2.45, 2.75) is 18.9 Å². The van der Waals surface area contributed by atoms with Gasteiger partial charge in [0.05, 0.1) is 0 Å². The van der Waals surface area contributed by atoms with E-state index in [2.05, 4.69) is 16.4 Å². The Balaban J connectivity index is 1.90. The van der Waals surface area contributed by atoms with Gasteiger partial charge >= 0.3 is 0 Å². The lowest BCUT2D eigenvalue weighted by atomic mass is 10.1. The molecule has 1 aromatic rings. The summed E-state index contributed by atoms with van der Waals surface area (Å²) in [6.07, 6.45) is 3.90. The van der Waals surface area contributed by atoms with E-state index in [4.69, 9.17) is 4.74 Å². The van der Waals surface area contributed by atoms with Crippen LogP contribution in [0.1, 0.15) is 12.8 Å². The van der Waals surface area contributed by atoms with Gasteiger partial charge in [-0.2, -0.15) is 0 Å². The lowest BCUT2D eigenvalue weighted by Gasteiger charge is -2.23. The van der Waals surface area contributed by atoms with Crippen molar-refractivity contribution in [3.63, 3.8) is 0 Å². The fourth-order valence-corrected chi connectivity index (χ4v) is 1.44. The van der Waals surface area contributed by atoms with Crippen molar-refractivity contribution in [3.05, 3.63) is 24.4 Å². The van der Waals surface area contributed by atoms with E-state index in [1.54, 1.807) is 6.20 Å². The molecule has 13 heavy (non-hydrogen) atoms. The van der Waals surface area contributed by atoms with Gasteiger partial charge in [0.1, 0.15) is 5.82 Å². The van der Waals surface area contributed by atoms with Gasteiger partial charge in [-0.1, -0.05) is 0 Å². The Labute approximate surface area is 78.1 Å². The monoisotopic (exact) mass is 177 g/mol. The summed E-state index contributed by atoms with van der Waals surface area (Å²) in [5.41, 5.74) is 0. The first-order valence-electron chi connectivity index (χ1n) is 4.62. The largest absolute Gasteiger partial charge is 0.381 e. The molecular weight excluding hydrogens is 164 g/mol. The highest BCUT2D eigenvalue weighted by Crippen LogP contribution is 2.11. The van der Waals surface area contributed by atoms with E-state index in [1.807, 2.05) is 12.1 Å². The number of nitrogens with one attached hydrogen (secondary N) is 1. The minimum absolute atomic E-state index is 0.500. The molecule has 2 rings (SSSR count). The number of aromatic nitrogens is 1. The number of pyridine rings is 1. The summed E-state index contributed by atoms with van der Waals surface area (Å²) in [5, 5.41) is 3.33. The Hall–Kier alpha value is -1.09. The van der Waals surface area contributed by atoms with Gasteiger partial charge in [0.25, 0.3) is 0 Å². The summed E-state index contributed by atoms with van der Waals surface area (Å²) < 4.78 is 5.27. The summed E-state index contributed by atoms with van der Waals surface area (Å²) in [5.74, 6) is 0.842. The minimum atomic E-state index is 0.500. The predicted octanol–water partition coefficient (Wildman–Crippen LogP) is 1.47. The van der Waals surface area contributed by atoms with Crippen molar-refractivity contribution in [1.29, 1.82) is 0 Å². The van der Waals surface area contributed by atoms with E-state index < -0.39 is 0 Å². The van der Waals surface area contributed by atoms with Crippen LogP contribution < -0.4 is 5.32 Å². The molecule has 1 aliphatic heterocycles. The van der Waals surface area contributed by atoms with Crippen LogP contribution in [0.2, 0.25) is 0 Å². The molecule has 1 aliphatic rings. The Morgan fingerprint density at radius 3 is 3.00 bits per heavy atom. The molecule has 0 aliphatic carbocycles. The number of rotatable bonds is 2. The zero-order valence-corrected chi connectivity index (χ0v) is 7.49. The normalized spacial score (nSPS) is 18.5. The first-order chi connectivity index (χ1) is 6.45. The van der Waals surface area contributed by atoms with Crippen LogP contribution in [-0.4, -0.2) is 24.2 Å². The SMILES string of the molecule is [c]1cccnc1NC1CCOCC1. The molecular formula is C10H13N2O. The van der Waals surface area contributed by atoms with Crippen molar-refractivity contribution >= 4 is 5.82 Å². The molecule has 1 aromatic heterocycles. The van der Waals surface area contributed by atoms with E-state index in [-0.39, 0.29) is 0 Å². The minimum Gasteiger partial charge on any atom is -0.381 e. The number of anilines is 1. The maximum absolute atomic E-state index is 5.27. The van der Waals surface area contributed by atoms with Gasteiger partial charge in [0.15, 0.2) is 0 Å². The van der Waals surface area contributed by atoms with Crippen LogP contribution in [0.25, 0.3) is 0 Å². The molecule has 0 unspecified atom stereocenters. The van der Waals surface area contributed by atoms with Crippen LogP contribution in [0, 0.1) is 6.07 Å². The molecule has 1 saturated heterocycles. The summed E-state index contributed by atoms with van der Waals surface area (Å²) in [6.45, 7) is 1.70. The van der Waals surface area contributed by atoms with Gasteiger partial charge in [-0.25, -0.2) is 4.98 Å². The van der Waals surface area contributed by atoms with E-state index in [0.717, 1.165) is 31.9 Å². The molecule has 69 valence electrons. The molecule has 3 heteroatoms. The van der Waals surface area contributed by atoms with E-state index in [0.29, 0.717) is 6.04 Å². The zero-order valence-electron chi connectivity index (χ0n) is 7.49. The standard InChI is InChI=1S/C10H13N2O/c1-2-6-11-10(3-1)12-9-4-7-13-8-5-9/h1-2,6,9H,4-5,7-8H2,(H,11,12). The van der Waals surface area contributed by atoms with Crippen molar-refractivity contribution in [2.75, 3.05) is 18.5 Å². The second-order valence-corrected chi connectivity index (χ2v) is 3.16. The second kappa shape index (κ2) is 4.23. The quantitative estimate of drug-likeness (QED) is 0.742. The third kappa shape index (κ3) is 2.42. The molecule has 0 bridgehead atoms. The van der Waals surface area contributed by atoms with Crippen LogP contribution in [-0.2, 0) is 4.74 Å². The highest BCUT2D eigenvalue weighted by molar-refractivity contribution is 5.32. The smallest absolute Gasteiger partial charge is 0.134 e. The van der Waals surface area contributed by atoms with Crippen LogP contribution in [0.4, 0.5) is 5.82 Å². The predicted molar refractivity (Wildman–Crippen MR) is 50.5 cm³/mol. The Bertz CT molecular complexity index is 244. The zero-order chi connectivity index (χ0) is 8.93. The third-order valence-electron chi connectivity index (χ3n) is 2.17. The molecule has 1 radical (unpaired) electrons. The average molecular weight is 177 g/mol. The van der Waals surface area contributed by atoms with Crippen LogP contribution >= 0.6 is 0 Å². The maximum Gasteiger partial charge on any atom is 0.134 e. The maximum atomic E-state index is 5.27. The molecule has 1 fully saturated rings. The van der Waals surface area contributed by atoms with Gasteiger partial charge in [-0.3, -0.25) is 0 Å². The highest BCUT2D eigenvalue weighted by atomic mass is 16.5. The van der Waals surface area contributed by atoms with Crippen LogP contribution in [0.3, 0.4) is 0 Å². The van der Waals surface area contributed by atoms with Gasteiger partial charge in [-0.05, 0) is 25.0 Å². The first kappa shape index (κ1) is 8.51. The summed E-state index contributed by atoms with van der Waals surface area (Å²) in [7, 11) is 0. The van der Waals surface area contributed by atoms with E-state index in [1.165, 1.54) is 0 Å². The first-order valence-corrected chi connectivity index (χ1v) is 4.62. The molecule has 0 saturated carbocycles. The number of hydrogen-bond acceptors (Lipinski definition) is 3. The second-order valence-electron chi connectivity index (χ2n) is 3.16. The summed E-state index contributed by atoms with van der Waals surface area (Å²) >= 11 is 0. The number of hydrogen-bond donors (Lipinski definition) is 1. The Kier molecular flexibility index (Phi) is 2.77. The molecule has 0 aromatic carbocycles. The molecule has 0 amide bonds. The van der Waals surface area contributed by atoms with Gasteiger partial charge < -0.3 is 10.1 Å². The van der Waals surface area contributed by atoms with Gasteiger partial charge in [-0.15, -0.1) is 0 Å². The topological polar surface area (TPSA) is 34.2 Å². The summed E-state index contributed by atoms with van der Waals surface area (Å²) in [6, 6.07) is 7.29. The summed E-state index contributed by atoms with van der Waals surface area (Å²) in [4.78, 5) is 4.17. The average Bonchev–Trinajstić information content (AvgIpc) is 2.21. The lowest BCUT2D eigenvalue weighted by Crippen LogP contribution is -2.28. The fraction of sp³-hybridized carbons (Fsp3) is 0.500. The number of nitrogens with zero attached hydrogens (tertiary/aromatic N) is 1. The number of ether oxygens (including phenoxy) is 1. The van der Waals surface area contributed by atoms with Crippen LogP contribution in [0.15, 0.2) is 18.3 Å². The third-order valence-corrected chi connectivity index (χ3v) is 2.17. The fourth-order valence-electron chi connectivity index (χ4n) is 1.44. The van der Waals surface area contributed by atoms with Crippen molar-refractivity contribution in [3.8, 4) is 0 Å². The molecule has 1 N–H and O–H groups in total. The molecule has 3 nitrogen and oxygen atoms in total. The molecule has 0 atom stereocenters. The highest BCUT2D eigenvalue weighted by Gasteiger charge is 2.13. The molecule has 0 spiro atoms. The van der Waals surface area contributed by atoms with Gasteiger partial charge in [0, 0.05) is 31.5 Å². The van der Waals surface area contributed by atoms with Crippen molar-refractivity contribution in [2.24, 2.45) is 0 Å². The van der Waals surface area contributed by atoms with Gasteiger partial charge in [0.2, 0.25) is 0 Å². The molecule has 2 heterocycles. The van der Waals surface area contributed by atoms with Crippen molar-refractivity contribution < 1.29 is 4.74 Å². The van der Waals surface area contributed by atoms with Crippen LogP contribution in [0.5, 0.6) is 0 Å². The lowest BCUT2D eigenvalue weighted by molar-refractivity contribution is 0.0904. The Morgan fingerprint density at radius 1 is 1.46 bits per heavy atom. The van der Waals surface area contributed by atoms with E-state index in [9.17, 15) is 0 Å². The Morgan fingerprint density at radius 2 is 2.31 bits per heavy atom.